The molecule has 0 unspecified atom stereocenters. The van der Waals surface area contributed by atoms with Crippen molar-refractivity contribution < 1.29 is 9.42 Å². The Balaban J connectivity index is 1.63. The summed E-state index contributed by atoms with van der Waals surface area (Å²) < 4.78 is 6.22. The highest BCUT2D eigenvalue weighted by Crippen LogP contribution is 2.05. The molecule has 0 atom stereocenters. The fourth-order valence-electron chi connectivity index (χ4n) is 1.79. The Morgan fingerprint density at radius 3 is 3.05 bits per heavy atom. The van der Waals surface area contributed by atoms with Crippen molar-refractivity contribution in [1.29, 1.82) is 0 Å². The molecule has 0 fully saturated rings. The number of nitrogens with zero attached hydrogens (tertiary/aromatic N) is 5. The molecule has 0 aromatic carbocycles. The predicted octanol–water partition coefficient (Wildman–Crippen LogP) is -0.333. The maximum absolute atomic E-state index is 11.7. The van der Waals surface area contributed by atoms with E-state index in [-0.39, 0.29) is 11.5 Å². The van der Waals surface area contributed by atoms with Crippen LogP contribution in [0.2, 0.25) is 0 Å². The van der Waals surface area contributed by atoms with Gasteiger partial charge in [0.25, 0.3) is 5.91 Å². The van der Waals surface area contributed by atoms with Gasteiger partial charge in [-0.15, -0.1) is 10.2 Å². The number of nitrogen functional groups attached to an aromatic ring is 1. The summed E-state index contributed by atoms with van der Waals surface area (Å²) in [6.07, 6.45) is 2.40. The summed E-state index contributed by atoms with van der Waals surface area (Å²) in [5.41, 5.74) is 6.17. The largest absolute Gasteiger partial charge is 0.379 e. The van der Waals surface area contributed by atoms with Crippen molar-refractivity contribution in [3.8, 4) is 0 Å². The van der Waals surface area contributed by atoms with Crippen LogP contribution in [-0.4, -0.2) is 37.4 Å². The van der Waals surface area contributed by atoms with E-state index in [2.05, 4.69) is 30.5 Å². The van der Waals surface area contributed by atoms with Crippen molar-refractivity contribution in [2.24, 2.45) is 0 Å². The molecule has 0 spiro atoms. The Hall–Kier alpha value is -2.97. The second-order valence-electron chi connectivity index (χ2n) is 4.05. The van der Waals surface area contributed by atoms with Crippen LogP contribution in [0.25, 0.3) is 5.65 Å². The van der Waals surface area contributed by atoms with E-state index in [9.17, 15) is 4.79 Å². The van der Waals surface area contributed by atoms with E-state index >= 15 is 0 Å². The van der Waals surface area contributed by atoms with Gasteiger partial charge in [-0.05, 0) is 22.4 Å². The minimum atomic E-state index is -0.433. The number of pyridine rings is 1. The molecule has 3 aromatic heterocycles. The molecule has 0 aliphatic carbocycles. The van der Waals surface area contributed by atoms with Gasteiger partial charge < -0.3 is 11.1 Å². The van der Waals surface area contributed by atoms with Crippen LogP contribution in [0.1, 0.15) is 16.3 Å². The standard InChI is InChI=1S/C11H11N7O2/c12-10-9(16-20-17-10)11(19)13-5-4-8-15-14-7-3-1-2-6-18(7)8/h1-3,6H,4-5H2,(H2,12,17)(H,13,19). The van der Waals surface area contributed by atoms with Gasteiger partial charge in [-0.3, -0.25) is 9.20 Å². The zero-order valence-corrected chi connectivity index (χ0v) is 10.4. The molecular weight excluding hydrogens is 262 g/mol. The number of carbonyl (C=O) groups is 1. The molecule has 102 valence electrons. The number of anilines is 1. The average molecular weight is 273 g/mol. The van der Waals surface area contributed by atoms with Gasteiger partial charge in [0, 0.05) is 19.2 Å². The number of nitrogens with one attached hydrogen (secondary N) is 1. The number of aromatic nitrogens is 5. The van der Waals surface area contributed by atoms with Crippen molar-refractivity contribution in [2.75, 3.05) is 12.3 Å². The third-order valence-corrected chi connectivity index (χ3v) is 2.75. The van der Waals surface area contributed by atoms with Crippen LogP contribution in [0.15, 0.2) is 29.0 Å². The summed E-state index contributed by atoms with van der Waals surface area (Å²) in [5.74, 6) is 0.292. The molecular formula is C11H11N7O2. The monoisotopic (exact) mass is 273 g/mol. The van der Waals surface area contributed by atoms with Crippen LogP contribution in [0, 0.1) is 0 Å². The summed E-state index contributed by atoms with van der Waals surface area (Å²) in [6.45, 7) is 0.376. The quantitative estimate of drug-likeness (QED) is 0.666. The van der Waals surface area contributed by atoms with Crippen molar-refractivity contribution >= 4 is 17.4 Å². The number of rotatable bonds is 4. The maximum Gasteiger partial charge on any atom is 0.277 e. The fourth-order valence-corrected chi connectivity index (χ4v) is 1.79. The second-order valence-corrected chi connectivity index (χ2v) is 4.05. The van der Waals surface area contributed by atoms with E-state index in [0.717, 1.165) is 11.5 Å². The molecule has 0 saturated heterocycles. The third-order valence-electron chi connectivity index (χ3n) is 2.75. The molecule has 3 N–H and O–H groups in total. The summed E-state index contributed by atoms with van der Waals surface area (Å²) in [7, 11) is 0. The zero-order chi connectivity index (χ0) is 13.9. The van der Waals surface area contributed by atoms with Gasteiger partial charge >= 0.3 is 0 Å². The molecule has 3 rings (SSSR count). The normalized spacial score (nSPS) is 10.8. The van der Waals surface area contributed by atoms with Crippen molar-refractivity contribution in [3.63, 3.8) is 0 Å². The van der Waals surface area contributed by atoms with E-state index in [0.29, 0.717) is 13.0 Å². The first-order valence-electron chi connectivity index (χ1n) is 5.90. The number of carbonyl (C=O) groups excluding carboxylic acids is 1. The van der Waals surface area contributed by atoms with Crippen LogP contribution in [0.4, 0.5) is 5.82 Å². The lowest BCUT2D eigenvalue weighted by Crippen LogP contribution is -2.27. The predicted molar refractivity (Wildman–Crippen MR) is 67.7 cm³/mol. The van der Waals surface area contributed by atoms with Crippen LogP contribution >= 0.6 is 0 Å². The first kappa shape index (κ1) is 12.1. The fraction of sp³-hybridized carbons (Fsp3) is 0.182. The van der Waals surface area contributed by atoms with E-state index in [1.807, 2.05) is 28.8 Å². The summed E-state index contributed by atoms with van der Waals surface area (Å²) in [6, 6.07) is 5.63. The van der Waals surface area contributed by atoms with Gasteiger partial charge in [-0.25, -0.2) is 4.63 Å². The first-order valence-corrected chi connectivity index (χ1v) is 5.90. The highest BCUT2D eigenvalue weighted by molar-refractivity contribution is 5.95. The SMILES string of the molecule is Nc1nonc1C(=O)NCCc1nnc2ccccn12. The number of hydrogen-bond donors (Lipinski definition) is 2. The Labute approximate surface area is 112 Å². The van der Waals surface area contributed by atoms with Gasteiger partial charge in [0.15, 0.2) is 5.65 Å². The molecule has 3 aromatic rings. The molecule has 0 aliphatic rings. The van der Waals surface area contributed by atoms with Crippen molar-refractivity contribution in [3.05, 3.63) is 35.9 Å². The van der Waals surface area contributed by atoms with Crippen LogP contribution in [0.3, 0.4) is 0 Å². The van der Waals surface area contributed by atoms with Gasteiger partial charge in [0.2, 0.25) is 11.5 Å². The maximum atomic E-state index is 11.7. The summed E-state index contributed by atoms with van der Waals surface area (Å²) in [5, 5.41) is 17.5. The number of fused-ring (bicyclic) bond motifs is 1. The molecule has 9 nitrogen and oxygen atoms in total. The molecule has 3 heterocycles. The minimum Gasteiger partial charge on any atom is -0.379 e. The lowest BCUT2D eigenvalue weighted by atomic mass is 10.3. The summed E-state index contributed by atoms with van der Waals surface area (Å²) in [4.78, 5) is 11.7. The van der Waals surface area contributed by atoms with E-state index in [1.54, 1.807) is 0 Å². The Kier molecular flexibility index (Phi) is 2.99. The van der Waals surface area contributed by atoms with Crippen LogP contribution in [0.5, 0.6) is 0 Å². The lowest BCUT2D eigenvalue weighted by Gasteiger charge is -2.02. The van der Waals surface area contributed by atoms with E-state index in [1.165, 1.54) is 0 Å². The lowest BCUT2D eigenvalue weighted by molar-refractivity contribution is 0.0944. The third kappa shape index (κ3) is 2.16. The van der Waals surface area contributed by atoms with Gasteiger partial charge in [-0.1, -0.05) is 6.07 Å². The topological polar surface area (TPSA) is 124 Å². The van der Waals surface area contributed by atoms with Crippen LogP contribution in [-0.2, 0) is 6.42 Å². The number of amides is 1. The Bertz CT molecular complexity index is 748. The Morgan fingerprint density at radius 1 is 1.35 bits per heavy atom. The van der Waals surface area contributed by atoms with E-state index in [4.69, 9.17) is 5.73 Å². The highest BCUT2D eigenvalue weighted by atomic mass is 16.6. The molecule has 0 bridgehead atoms. The van der Waals surface area contributed by atoms with Gasteiger partial charge in [0.05, 0.1) is 0 Å². The highest BCUT2D eigenvalue weighted by Gasteiger charge is 2.15. The van der Waals surface area contributed by atoms with Gasteiger partial charge in [-0.2, -0.15) is 0 Å². The number of hydrogen-bond acceptors (Lipinski definition) is 7. The average Bonchev–Trinajstić information content (AvgIpc) is 3.05. The summed E-state index contributed by atoms with van der Waals surface area (Å²) >= 11 is 0. The van der Waals surface area contributed by atoms with E-state index < -0.39 is 5.91 Å². The van der Waals surface area contributed by atoms with Gasteiger partial charge in [0.1, 0.15) is 5.82 Å². The van der Waals surface area contributed by atoms with Crippen molar-refractivity contribution in [1.82, 2.24) is 30.2 Å². The molecule has 0 radical (unpaired) electrons. The first-order chi connectivity index (χ1) is 9.75. The number of nitrogens with two attached hydrogens (primary N) is 1. The molecule has 20 heavy (non-hydrogen) atoms. The molecule has 1 amide bonds. The molecule has 0 aliphatic heterocycles. The van der Waals surface area contributed by atoms with Crippen LogP contribution < -0.4 is 11.1 Å². The zero-order valence-electron chi connectivity index (χ0n) is 10.4. The minimum absolute atomic E-state index is 0.0175. The molecule has 9 heteroatoms. The second kappa shape index (κ2) is 4.96. The van der Waals surface area contributed by atoms with Crippen molar-refractivity contribution in [2.45, 2.75) is 6.42 Å². The Morgan fingerprint density at radius 2 is 2.25 bits per heavy atom. The smallest absolute Gasteiger partial charge is 0.277 e. The molecule has 0 saturated carbocycles.